The molecule has 0 aliphatic rings. The van der Waals surface area contributed by atoms with Crippen LogP contribution < -0.4 is 0 Å². The summed E-state index contributed by atoms with van der Waals surface area (Å²) in [5.41, 5.74) is 2.84. The van der Waals surface area contributed by atoms with Crippen LogP contribution in [0.2, 0.25) is 5.15 Å². The first kappa shape index (κ1) is 13.8. The van der Waals surface area contributed by atoms with Gasteiger partial charge in [-0.2, -0.15) is 0 Å². The van der Waals surface area contributed by atoms with E-state index in [9.17, 15) is 4.79 Å². The minimum atomic E-state index is -0.501. The van der Waals surface area contributed by atoms with Gasteiger partial charge in [-0.05, 0) is 58.6 Å². The summed E-state index contributed by atoms with van der Waals surface area (Å²) in [5.74, 6) is 0. The third-order valence-electron chi connectivity index (χ3n) is 2.79. The zero-order valence-electron chi connectivity index (χ0n) is 9.85. The fourth-order valence-corrected chi connectivity index (χ4v) is 3.21. The summed E-state index contributed by atoms with van der Waals surface area (Å²) in [6, 6.07) is 3.83. The Morgan fingerprint density at radius 1 is 1.44 bits per heavy atom. The molecule has 0 amide bonds. The second-order valence-electron chi connectivity index (χ2n) is 4.03. The van der Waals surface area contributed by atoms with Crippen LogP contribution in [-0.4, -0.2) is 10.2 Å². The summed E-state index contributed by atoms with van der Waals surface area (Å²) in [6.45, 7) is 3.87. The minimum absolute atomic E-state index is 0.332. The molecule has 18 heavy (non-hydrogen) atoms. The van der Waals surface area contributed by atoms with E-state index < -0.39 is 5.24 Å². The molecule has 1 aromatic carbocycles. The van der Waals surface area contributed by atoms with Crippen molar-refractivity contribution in [1.82, 2.24) is 4.98 Å². The second-order valence-corrected chi connectivity index (χ2v) is 5.58. The Morgan fingerprint density at radius 2 is 2.11 bits per heavy atom. The molecule has 2 nitrogen and oxygen atoms in total. The largest absolute Gasteiger partial charge is 0.276 e. The fourth-order valence-electron chi connectivity index (χ4n) is 2.02. The topological polar surface area (TPSA) is 30.0 Å². The molecule has 0 saturated carbocycles. The molecular formula is C13H10BrCl2NO. The Balaban J connectivity index is 3.01. The Bertz CT molecular complexity index is 655. The molecule has 2 aromatic rings. The lowest BCUT2D eigenvalue weighted by Gasteiger charge is -2.11. The van der Waals surface area contributed by atoms with E-state index in [1.807, 2.05) is 26.0 Å². The Labute approximate surface area is 123 Å². The summed E-state index contributed by atoms with van der Waals surface area (Å²) < 4.78 is 0.807. The van der Waals surface area contributed by atoms with Crippen LogP contribution in [0.15, 0.2) is 16.6 Å². The lowest BCUT2D eigenvalue weighted by atomic mass is 10.0. The number of hydrogen-bond donors (Lipinski definition) is 0. The maximum Gasteiger partial charge on any atom is 0.253 e. The van der Waals surface area contributed by atoms with E-state index in [0.29, 0.717) is 28.2 Å². The Hall–Kier alpha value is -0.640. The van der Waals surface area contributed by atoms with Crippen LogP contribution in [-0.2, 0) is 6.42 Å². The van der Waals surface area contributed by atoms with Gasteiger partial charge in [0, 0.05) is 21.0 Å². The molecule has 0 unspecified atom stereocenters. The van der Waals surface area contributed by atoms with Crippen molar-refractivity contribution in [2.45, 2.75) is 20.3 Å². The molecule has 0 aliphatic heterocycles. The SMILES string of the molecule is CCc1c(Cl)nc2c(Br)cc(C)cc2c1C(=O)Cl. The van der Waals surface area contributed by atoms with Crippen LogP contribution >= 0.6 is 39.1 Å². The number of rotatable bonds is 2. The first-order chi connectivity index (χ1) is 8.45. The van der Waals surface area contributed by atoms with Crippen LogP contribution in [0.3, 0.4) is 0 Å². The molecule has 0 aliphatic carbocycles. The molecule has 0 fully saturated rings. The van der Waals surface area contributed by atoms with Gasteiger partial charge >= 0.3 is 0 Å². The predicted octanol–water partition coefficient (Wildman–Crippen LogP) is 4.90. The third kappa shape index (κ3) is 2.27. The number of aryl methyl sites for hydroxylation is 1. The van der Waals surface area contributed by atoms with Gasteiger partial charge in [-0.15, -0.1) is 0 Å². The Morgan fingerprint density at radius 3 is 2.67 bits per heavy atom. The number of pyridine rings is 1. The van der Waals surface area contributed by atoms with Crippen molar-refractivity contribution < 1.29 is 4.79 Å². The van der Waals surface area contributed by atoms with Crippen LogP contribution in [0.4, 0.5) is 0 Å². The molecule has 0 bridgehead atoms. The molecule has 2 rings (SSSR count). The number of carbonyl (C=O) groups is 1. The predicted molar refractivity (Wildman–Crippen MR) is 78.8 cm³/mol. The molecule has 0 atom stereocenters. The zero-order valence-corrected chi connectivity index (χ0v) is 12.9. The van der Waals surface area contributed by atoms with E-state index >= 15 is 0 Å². The lowest BCUT2D eigenvalue weighted by Crippen LogP contribution is -2.02. The van der Waals surface area contributed by atoms with E-state index in [0.717, 1.165) is 15.4 Å². The maximum atomic E-state index is 11.7. The normalized spacial score (nSPS) is 10.9. The number of benzene rings is 1. The van der Waals surface area contributed by atoms with Gasteiger partial charge in [0.15, 0.2) is 0 Å². The molecule has 94 valence electrons. The smallest absolute Gasteiger partial charge is 0.253 e. The molecule has 0 radical (unpaired) electrons. The summed E-state index contributed by atoms with van der Waals surface area (Å²) in [6.07, 6.45) is 0.612. The quantitative estimate of drug-likeness (QED) is 0.571. The van der Waals surface area contributed by atoms with E-state index in [2.05, 4.69) is 20.9 Å². The molecule has 1 aromatic heterocycles. The molecule has 5 heteroatoms. The second kappa shape index (κ2) is 5.16. The van der Waals surface area contributed by atoms with E-state index in [1.165, 1.54) is 0 Å². The van der Waals surface area contributed by atoms with E-state index in [-0.39, 0.29) is 0 Å². The number of hydrogen-bond acceptors (Lipinski definition) is 2. The third-order valence-corrected chi connectivity index (χ3v) is 3.89. The number of carbonyl (C=O) groups excluding carboxylic acids is 1. The highest BCUT2D eigenvalue weighted by atomic mass is 79.9. The van der Waals surface area contributed by atoms with E-state index in [1.54, 1.807) is 0 Å². The van der Waals surface area contributed by atoms with Crippen molar-refractivity contribution in [3.8, 4) is 0 Å². The van der Waals surface area contributed by atoms with E-state index in [4.69, 9.17) is 23.2 Å². The number of aromatic nitrogens is 1. The summed E-state index contributed by atoms with van der Waals surface area (Å²) in [4.78, 5) is 16.0. The van der Waals surface area contributed by atoms with Crippen molar-refractivity contribution in [1.29, 1.82) is 0 Å². The van der Waals surface area contributed by atoms with Gasteiger partial charge in [0.2, 0.25) is 0 Å². The summed E-state index contributed by atoms with van der Waals surface area (Å²) in [5, 5.41) is 0.570. The highest BCUT2D eigenvalue weighted by Crippen LogP contribution is 2.33. The summed E-state index contributed by atoms with van der Waals surface area (Å²) >= 11 is 15.3. The minimum Gasteiger partial charge on any atom is -0.276 e. The first-order valence-electron chi connectivity index (χ1n) is 5.43. The monoisotopic (exact) mass is 345 g/mol. The number of nitrogens with zero attached hydrogens (tertiary/aromatic N) is 1. The molecule has 0 spiro atoms. The average Bonchev–Trinajstić information content (AvgIpc) is 2.28. The van der Waals surface area contributed by atoms with Crippen LogP contribution in [0.5, 0.6) is 0 Å². The highest BCUT2D eigenvalue weighted by molar-refractivity contribution is 9.10. The molecular weight excluding hydrogens is 337 g/mol. The average molecular weight is 347 g/mol. The van der Waals surface area contributed by atoms with Crippen molar-refractivity contribution in [2.75, 3.05) is 0 Å². The molecule has 0 saturated heterocycles. The van der Waals surface area contributed by atoms with Crippen LogP contribution in [0.1, 0.15) is 28.4 Å². The van der Waals surface area contributed by atoms with Gasteiger partial charge in [0.1, 0.15) is 5.15 Å². The van der Waals surface area contributed by atoms with Crippen LogP contribution in [0, 0.1) is 6.92 Å². The van der Waals surface area contributed by atoms with Crippen molar-refractivity contribution >= 4 is 55.3 Å². The standard InChI is InChI=1S/C13H10BrCl2NO/c1-3-7-10(13(16)18)8-4-6(2)5-9(14)11(8)17-12(7)15/h4-5H,3H2,1-2H3. The van der Waals surface area contributed by atoms with Gasteiger partial charge in [-0.3, -0.25) is 4.79 Å². The number of halogens is 3. The van der Waals surface area contributed by atoms with Gasteiger partial charge in [0.05, 0.1) is 5.52 Å². The van der Waals surface area contributed by atoms with Crippen molar-refractivity contribution in [2.24, 2.45) is 0 Å². The number of fused-ring (bicyclic) bond motifs is 1. The Kier molecular flexibility index (Phi) is 3.95. The van der Waals surface area contributed by atoms with Crippen molar-refractivity contribution in [3.05, 3.63) is 38.4 Å². The molecule has 0 N–H and O–H groups in total. The fraction of sp³-hybridized carbons (Fsp3) is 0.231. The van der Waals surface area contributed by atoms with Gasteiger partial charge < -0.3 is 0 Å². The highest BCUT2D eigenvalue weighted by Gasteiger charge is 2.18. The van der Waals surface area contributed by atoms with Gasteiger partial charge in [-0.1, -0.05) is 18.5 Å². The molecule has 1 heterocycles. The van der Waals surface area contributed by atoms with Crippen LogP contribution in [0.25, 0.3) is 10.9 Å². The summed E-state index contributed by atoms with van der Waals surface area (Å²) in [7, 11) is 0. The maximum absolute atomic E-state index is 11.7. The first-order valence-corrected chi connectivity index (χ1v) is 6.98. The van der Waals surface area contributed by atoms with Gasteiger partial charge in [0.25, 0.3) is 5.24 Å². The van der Waals surface area contributed by atoms with Gasteiger partial charge in [-0.25, -0.2) is 4.98 Å². The lowest BCUT2D eigenvalue weighted by molar-refractivity contribution is 0.108. The zero-order chi connectivity index (χ0) is 13.4. The van der Waals surface area contributed by atoms with Crippen molar-refractivity contribution in [3.63, 3.8) is 0 Å².